The molecular formula is C29H29Cl3F3N3O4S. The van der Waals surface area contributed by atoms with Crippen LogP contribution in [-0.4, -0.2) is 44.3 Å². The molecule has 3 aromatic rings. The summed E-state index contributed by atoms with van der Waals surface area (Å²) in [6.45, 7) is 2.42. The number of nitrogens with one attached hydrogen (secondary N) is 1. The van der Waals surface area contributed by atoms with Gasteiger partial charge in [0.05, 0.1) is 21.2 Å². The molecule has 0 saturated heterocycles. The fourth-order valence-electron chi connectivity index (χ4n) is 4.09. The van der Waals surface area contributed by atoms with Crippen LogP contribution in [0, 0.1) is 0 Å². The predicted molar refractivity (Wildman–Crippen MR) is 162 cm³/mol. The summed E-state index contributed by atoms with van der Waals surface area (Å²) >= 11 is 18.9. The van der Waals surface area contributed by atoms with Crippen molar-refractivity contribution >= 4 is 62.3 Å². The second kappa shape index (κ2) is 14.7. The van der Waals surface area contributed by atoms with Gasteiger partial charge in [0.1, 0.15) is 12.6 Å². The van der Waals surface area contributed by atoms with Crippen LogP contribution in [0.4, 0.5) is 18.9 Å². The fraction of sp³-hybridized carbons (Fsp3) is 0.310. The van der Waals surface area contributed by atoms with Gasteiger partial charge in [0, 0.05) is 28.7 Å². The molecular weight excluding hydrogens is 650 g/mol. The molecule has 2 amide bonds. The minimum Gasteiger partial charge on any atom is -0.354 e. The van der Waals surface area contributed by atoms with Crippen molar-refractivity contribution in [2.75, 3.05) is 17.4 Å². The molecule has 43 heavy (non-hydrogen) atoms. The fourth-order valence-corrected chi connectivity index (χ4v) is 6.32. The zero-order valence-electron chi connectivity index (χ0n) is 23.2. The molecule has 0 aliphatic rings. The highest BCUT2D eigenvalue weighted by atomic mass is 35.5. The Bertz CT molecular complexity index is 1540. The molecule has 7 nitrogen and oxygen atoms in total. The Hall–Kier alpha value is -2.99. The molecule has 232 valence electrons. The summed E-state index contributed by atoms with van der Waals surface area (Å²) in [6.07, 6.45) is -3.35. The molecule has 0 aliphatic carbocycles. The van der Waals surface area contributed by atoms with Crippen LogP contribution in [0.1, 0.15) is 37.8 Å². The zero-order valence-corrected chi connectivity index (χ0v) is 26.3. The summed E-state index contributed by atoms with van der Waals surface area (Å²) in [5.74, 6) is -1.44. The van der Waals surface area contributed by atoms with Crippen LogP contribution in [0.2, 0.25) is 15.1 Å². The number of hydrogen-bond acceptors (Lipinski definition) is 4. The van der Waals surface area contributed by atoms with Gasteiger partial charge in [-0.25, -0.2) is 8.42 Å². The van der Waals surface area contributed by atoms with Crippen molar-refractivity contribution in [3.8, 4) is 0 Å². The largest absolute Gasteiger partial charge is 0.416 e. The number of carbonyl (C=O) groups excluding carboxylic acids is 2. The molecule has 0 fully saturated rings. The summed E-state index contributed by atoms with van der Waals surface area (Å²) < 4.78 is 69.2. The number of sulfonamides is 1. The van der Waals surface area contributed by atoms with Gasteiger partial charge in [-0.1, -0.05) is 72.4 Å². The molecule has 0 bridgehead atoms. The zero-order chi connectivity index (χ0) is 31.9. The van der Waals surface area contributed by atoms with Crippen LogP contribution < -0.4 is 9.62 Å². The molecule has 0 unspecified atom stereocenters. The molecule has 3 aromatic carbocycles. The quantitative estimate of drug-likeness (QED) is 0.206. The van der Waals surface area contributed by atoms with E-state index in [4.69, 9.17) is 34.8 Å². The van der Waals surface area contributed by atoms with Gasteiger partial charge in [0.15, 0.2) is 0 Å². The SMILES string of the molecule is CCCCNC(=O)[C@H](C)N(Cc1c(Cl)cccc1Cl)C(=O)CN(c1cc(C(F)(F)F)ccc1Cl)S(=O)(=O)c1ccccc1. The van der Waals surface area contributed by atoms with E-state index in [9.17, 15) is 31.2 Å². The van der Waals surface area contributed by atoms with Gasteiger partial charge in [-0.2, -0.15) is 13.2 Å². The van der Waals surface area contributed by atoms with E-state index in [-0.39, 0.29) is 26.5 Å². The number of anilines is 1. The first-order chi connectivity index (χ1) is 20.2. The van der Waals surface area contributed by atoms with Gasteiger partial charge in [0.25, 0.3) is 10.0 Å². The highest BCUT2D eigenvalue weighted by molar-refractivity contribution is 7.92. The molecule has 0 saturated carbocycles. The topological polar surface area (TPSA) is 86.8 Å². The third-order valence-corrected chi connectivity index (χ3v) is 9.34. The number of nitrogens with zero attached hydrogens (tertiary/aromatic N) is 2. The van der Waals surface area contributed by atoms with Crippen molar-refractivity contribution in [3.05, 3.63) is 92.9 Å². The van der Waals surface area contributed by atoms with Crippen molar-refractivity contribution in [1.82, 2.24) is 10.2 Å². The first-order valence-electron chi connectivity index (χ1n) is 13.1. The Morgan fingerprint density at radius 2 is 1.56 bits per heavy atom. The molecule has 1 N–H and O–H groups in total. The van der Waals surface area contributed by atoms with Gasteiger partial charge in [0.2, 0.25) is 11.8 Å². The normalized spacial score (nSPS) is 12.5. The minimum absolute atomic E-state index is 0.193. The van der Waals surface area contributed by atoms with Gasteiger partial charge < -0.3 is 10.2 Å². The van der Waals surface area contributed by atoms with E-state index in [1.54, 1.807) is 12.1 Å². The van der Waals surface area contributed by atoms with Crippen LogP contribution in [0.5, 0.6) is 0 Å². The maximum absolute atomic E-state index is 14.0. The second-order valence-corrected chi connectivity index (χ2v) is 12.6. The Morgan fingerprint density at radius 1 is 0.930 bits per heavy atom. The van der Waals surface area contributed by atoms with Crippen LogP contribution in [0.25, 0.3) is 0 Å². The Labute approximate surface area is 263 Å². The van der Waals surface area contributed by atoms with Crippen molar-refractivity contribution in [3.63, 3.8) is 0 Å². The summed E-state index contributed by atoms with van der Waals surface area (Å²) in [6, 6.07) is 12.6. The maximum Gasteiger partial charge on any atom is 0.416 e. The molecule has 0 heterocycles. The Balaban J connectivity index is 2.13. The standard InChI is InChI=1S/C29H29Cl3F3N3O4S/c1-3-4-15-36-28(40)19(2)37(17-22-23(30)11-8-12-24(22)31)27(39)18-38(43(41,42)21-9-6-5-7-10-21)26-16-20(29(33,34)35)13-14-25(26)32/h5-14,16,19H,3-4,15,17-18H2,1-2H3,(H,36,40)/t19-/m0/s1. The van der Waals surface area contributed by atoms with E-state index in [0.717, 1.165) is 17.4 Å². The van der Waals surface area contributed by atoms with E-state index < -0.39 is 51.9 Å². The van der Waals surface area contributed by atoms with E-state index in [1.807, 2.05) is 6.92 Å². The van der Waals surface area contributed by atoms with Gasteiger partial charge in [-0.3, -0.25) is 13.9 Å². The average molecular weight is 679 g/mol. The van der Waals surface area contributed by atoms with Gasteiger partial charge in [-0.05, 0) is 55.8 Å². The van der Waals surface area contributed by atoms with Gasteiger partial charge >= 0.3 is 6.18 Å². The lowest BCUT2D eigenvalue weighted by Crippen LogP contribution is -2.51. The monoisotopic (exact) mass is 677 g/mol. The van der Waals surface area contributed by atoms with Crippen molar-refractivity contribution in [2.24, 2.45) is 0 Å². The van der Waals surface area contributed by atoms with Crippen LogP contribution >= 0.6 is 34.8 Å². The van der Waals surface area contributed by atoms with Gasteiger partial charge in [-0.15, -0.1) is 0 Å². The van der Waals surface area contributed by atoms with Crippen molar-refractivity contribution in [1.29, 1.82) is 0 Å². The molecule has 14 heteroatoms. The summed E-state index contributed by atoms with van der Waals surface area (Å²) in [5.41, 5.74) is -1.44. The number of rotatable bonds is 12. The van der Waals surface area contributed by atoms with Crippen LogP contribution in [-0.2, 0) is 32.3 Å². The molecule has 3 rings (SSSR count). The number of hydrogen-bond donors (Lipinski definition) is 1. The number of amides is 2. The number of carbonyl (C=O) groups is 2. The number of unbranched alkanes of at least 4 members (excludes halogenated alkanes) is 1. The average Bonchev–Trinajstić information content (AvgIpc) is 2.95. The third-order valence-electron chi connectivity index (χ3n) is 6.54. The second-order valence-electron chi connectivity index (χ2n) is 9.53. The Kier molecular flexibility index (Phi) is 11.8. The van der Waals surface area contributed by atoms with Crippen molar-refractivity contribution < 1.29 is 31.2 Å². The first-order valence-corrected chi connectivity index (χ1v) is 15.7. The van der Waals surface area contributed by atoms with Crippen LogP contribution in [0.3, 0.4) is 0 Å². The molecule has 0 aliphatic heterocycles. The van der Waals surface area contributed by atoms with Crippen molar-refractivity contribution in [2.45, 2.75) is 50.3 Å². The van der Waals surface area contributed by atoms with E-state index in [2.05, 4.69) is 5.32 Å². The first kappa shape index (κ1) is 34.5. The highest BCUT2D eigenvalue weighted by Gasteiger charge is 2.36. The number of benzene rings is 3. The molecule has 0 spiro atoms. The lowest BCUT2D eigenvalue weighted by atomic mass is 10.1. The molecule has 0 radical (unpaired) electrons. The third kappa shape index (κ3) is 8.56. The molecule has 1 atom stereocenters. The lowest BCUT2D eigenvalue weighted by Gasteiger charge is -2.32. The predicted octanol–water partition coefficient (Wildman–Crippen LogP) is 7.19. The van der Waals surface area contributed by atoms with E-state index >= 15 is 0 Å². The Morgan fingerprint density at radius 3 is 2.14 bits per heavy atom. The van der Waals surface area contributed by atoms with E-state index in [0.29, 0.717) is 35.0 Å². The summed E-state index contributed by atoms with van der Waals surface area (Å²) in [5, 5.41) is 2.78. The smallest absolute Gasteiger partial charge is 0.354 e. The number of alkyl halides is 3. The summed E-state index contributed by atoms with van der Waals surface area (Å²) in [7, 11) is -4.64. The molecule has 0 aromatic heterocycles. The summed E-state index contributed by atoms with van der Waals surface area (Å²) in [4.78, 5) is 27.8. The van der Waals surface area contributed by atoms with Crippen LogP contribution in [0.15, 0.2) is 71.6 Å². The maximum atomic E-state index is 14.0. The minimum atomic E-state index is -4.83. The van der Waals surface area contributed by atoms with E-state index in [1.165, 1.54) is 43.3 Å². The number of halogens is 6. The highest BCUT2D eigenvalue weighted by Crippen LogP contribution is 2.37. The lowest BCUT2D eigenvalue weighted by molar-refractivity contribution is -0.139.